The first kappa shape index (κ1) is 15.2. The van der Waals surface area contributed by atoms with Crippen LogP contribution in [0.25, 0.3) is 10.2 Å². The van der Waals surface area contributed by atoms with Gasteiger partial charge in [-0.25, -0.2) is 9.97 Å². The molecule has 2 rings (SSSR count). The number of thiophene rings is 1. The van der Waals surface area contributed by atoms with Crippen molar-refractivity contribution in [3.63, 3.8) is 0 Å². The fourth-order valence-electron chi connectivity index (χ4n) is 2.31. The smallest absolute Gasteiger partial charge is 0.163 e. The van der Waals surface area contributed by atoms with Gasteiger partial charge >= 0.3 is 0 Å². The predicted octanol–water partition coefficient (Wildman–Crippen LogP) is 4.01. The maximum atomic E-state index is 5.90. The number of aryl methyl sites for hydroxylation is 2. The lowest BCUT2D eigenvalue weighted by molar-refractivity contribution is -0.0386. The van der Waals surface area contributed by atoms with Crippen LogP contribution in [0, 0.1) is 13.8 Å². The summed E-state index contributed by atoms with van der Waals surface area (Å²) in [6, 6.07) is 0. The first-order valence-electron chi connectivity index (χ1n) is 7.06. The average molecular weight is 293 g/mol. The number of nitrogens with one attached hydrogen (secondary N) is 1. The molecule has 2 aromatic heterocycles. The monoisotopic (exact) mass is 293 g/mol. The maximum Gasteiger partial charge on any atom is 0.163 e. The Balaban J connectivity index is 2.67. The highest BCUT2D eigenvalue weighted by molar-refractivity contribution is 7.18. The summed E-state index contributed by atoms with van der Waals surface area (Å²) >= 11 is 1.72. The Bertz CT molecular complexity index is 623. The van der Waals surface area contributed by atoms with Crippen LogP contribution in [-0.4, -0.2) is 23.6 Å². The van der Waals surface area contributed by atoms with E-state index < -0.39 is 5.60 Å². The molecule has 2 aromatic rings. The summed E-state index contributed by atoms with van der Waals surface area (Å²) in [6.07, 6.45) is 0.846. The molecule has 4 nitrogen and oxygen atoms in total. The summed E-state index contributed by atoms with van der Waals surface area (Å²) in [4.78, 5) is 11.8. The Morgan fingerprint density at radius 3 is 2.50 bits per heavy atom. The summed E-state index contributed by atoms with van der Waals surface area (Å²) in [5, 5.41) is 4.34. The molecule has 0 aliphatic heterocycles. The summed E-state index contributed by atoms with van der Waals surface area (Å²) < 4.78 is 5.90. The van der Waals surface area contributed by atoms with Crippen LogP contribution in [0.5, 0.6) is 0 Å². The van der Waals surface area contributed by atoms with Crippen molar-refractivity contribution in [2.45, 2.75) is 46.6 Å². The van der Waals surface area contributed by atoms with Crippen molar-refractivity contribution in [1.82, 2.24) is 9.97 Å². The second-order valence-electron chi connectivity index (χ2n) is 5.13. The minimum atomic E-state index is -0.430. The van der Waals surface area contributed by atoms with Gasteiger partial charge in [-0.1, -0.05) is 6.92 Å². The van der Waals surface area contributed by atoms with Gasteiger partial charge in [0, 0.05) is 18.5 Å². The van der Waals surface area contributed by atoms with Crippen molar-refractivity contribution in [3.05, 3.63) is 16.3 Å². The number of nitrogens with zero attached hydrogens (tertiary/aromatic N) is 2. The highest BCUT2D eigenvalue weighted by Gasteiger charge is 2.30. The van der Waals surface area contributed by atoms with E-state index in [0.717, 1.165) is 28.3 Å². The van der Waals surface area contributed by atoms with Crippen molar-refractivity contribution in [2.24, 2.45) is 0 Å². The Morgan fingerprint density at radius 1 is 1.25 bits per heavy atom. The van der Waals surface area contributed by atoms with Crippen molar-refractivity contribution >= 4 is 27.4 Å². The number of ether oxygens (including phenoxy) is 1. The number of hydrogen-bond donors (Lipinski definition) is 1. The fraction of sp³-hybridized carbons (Fsp3) is 0.600. The molecule has 0 saturated heterocycles. The molecule has 0 saturated carbocycles. The van der Waals surface area contributed by atoms with Crippen LogP contribution in [0.15, 0.2) is 0 Å². The average Bonchev–Trinajstić information content (AvgIpc) is 2.73. The molecule has 1 N–H and O–H groups in total. The summed E-state index contributed by atoms with van der Waals surface area (Å²) in [5.41, 5.74) is 0.830. The van der Waals surface area contributed by atoms with Crippen LogP contribution in [0.2, 0.25) is 0 Å². The van der Waals surface area contributed by atoms with E-state index in [1.807, 2.05) is 14.0 Å². The zero-order valence-corrected chi connectivity index (χ0v) is 13.9. The maximum absolute atomic E-state index is 5.90. The van der Waals surface area contributed by atoms with Gasteiger partial charge in [0.2, 0.25) is 0 Å². The van der Waals surface area contributed by atoms with E-state index in [9.17, 15) is 0 Å². The number of rotatable bonds is 5. The zero-order chi connectivity index (χ0) is 14.9. The van der Waals surface area contributed by atoms with Gasteiger partial charge in [-0.15, -0.1) is 11.3 Å². The van der Waals surface area contributed by atoms with E-state index in [0.29, 0.717) is 6.61 Å². The molecule has 1 unspecified atom stereocenters. The van der Waals surface area contributed by atoms with E-state index in [4.69, 9.17) is 14.7 Å². The van der Waals surface area contributed by atoms with Gasteiger partial charge in [0.25, 0.3) is 0 Å². The van der Waals surface area contributed by atoms with Crippen molar-refractivity contribution < 1.29 is 4.74 Å². The molecule has 0 aliphatic rings. The molecule has 0 amide bonds. The van der Waals surface area contributed by atoms with Crippen LogP contribution in [0.4, 0.5) is 5.82 Å². The minimum absolute atomic E-state index is 0.430. The third-order valence-electron chi connectivity index (χ3n) is 3.88. The molecule has 5 heteroatoms. The quantitative estimate of drug-likeness (QED) is 0.904. The second-order valence-corrected chi connectivity index (χ2v) is 6.33. The van der Waals surface area contributed by atoms with Gasteiger partial charge in [0.05, 0.1) is 5.39 Å². The molecule has 0 fully saturated rings. The predicted molar refractivity (Wildman–Crippen MR) is 85.7 cm³/mol. The molecule has 0 spiro atoms. The summed E-state index contributed by atoms with van der Waals surface area (Å²) in [7, 11) is 1.90. The Hall–Kier alpha value is -1.20. The Kier molecular flexibility index (Phi) is 4.30. The molecule has 0 radical (unpaired) electrons. The lowest BCUT2D eigenvalue weighted by Gasteiger charge is -2.26. The van der Waals surface area contributed by atoms with Gasteiger partial charge in [0.1, 0.15) is 16.2 Å². The lowest BCUT2D eigenvalue weighted by atomic mass is 10.0. The van der Waals surface area contributed by atoms with Gasteiger partial charge in [0.15, 0.2) is 5.82 Å². The second kappa shape index (κ2) is 5.66. The van der Waals surface area contributed by atoms with Crippen LogP contribution in [0.3, 0.4) is 0 Å². The first-order chi connectivity index (χ1) is 9.46. The van der Waals surface area contributed by atoms with Gasteiger partial charge in [-0.3, -0.25) is 0 Å². The SMILES string of the molecule is CCOC(C)(CC)c1nc(NC)c2c(C)c(C)sc2n1. The van der Waals surface area contributed by atoms with E-state index in [2.05, 4.69) is 33.0 Å². The first-order valence-corrected chi connectivity index (χ1v) is 7.88. The highest BCUT2D eigenvalue weighted by Crippen LogP contribution is 2.36. The van der Waals surface area contributed by atoms with Gasteiger partial charge < -0.3 is 10.1 Å². The van der Waals surface area contributed by atoms with Crippen LogP contribution >= 0.6 is 11.3 Å². The fourth-order valence-corrected chi connectivity index (χ4v) is 3.34. The number of aromatic nitrogens is 2. The summed E-state index contributed by atoms with van der Waals surface area (Å²) in [6.45, 7) is 11.1. The van der Waals surface area contributed by atoms with Crippen molar-refractivity contribution in [2.75, 3.05) is 19.0 Å². The van der Waals surface area contributed by atoms with Gasteiger partial charge in [-0.05, 0) is 39.7 Å². The van der Waals surface area contributed by atoms with E-state index >= 15 is 0 Å². The molecule has 110 valence electrons. The van der Waals surface area contributed by atoms with Gasteiger partial charge in [-0.2, -0.15) is 0 Å². The van der Waals surface area contributed by atoms with Crippen LogP contribution < -0.4 is 5.32 Å². The number of anilines is 1. The third kappa shape index (κ3) is 2.40. The molecule has 0 aromatic carbocycles. The molecule has 2 heterocycles. The van der Waals surface area contributed by atoms with Crippen LogP contribution in [-0.2, 0) is 10.3 Å². The molecule has 0 aliphatic carbocycles. The Morgan fingerprint density at radius 2 is 1.95 bits per heavy atom. The zero-order valence-electron chi connectivity index (χ0n) is 13.1. The Labute approximate surface area is 124 Å². The van der Waals surface area contributed by atoms with Crippen molar-refractivity contribution in [1.29, 1.82) is 0 Å². The molecule has 20 heavy (non-hydrogen) atoms. The normalized spacial score (nSPS) is 14.5. The standard InChI is InChI=1S/C15H23N3OS/c1-7-15(5,19-8-2)14-17-12(16-6)11-9(3)10(4)20-13(11)18-14/h7-8H2,1-6H3,(H,16,17,18). The van der Waals surface area contributed by atoms with Crippen molar-refractivity contribution in [3.8, 4) is 0 Å². The third-order valence-corrected chi connectivity index (χ3v) is 4.98. The minimum Gasteiger partial charge on any atom is -0.372 e. The molecular weight excluding hydrogens is 270 g/mol. The highest BCUT2D eigenvalue weighted by atomic mass is 32.1. The molecular formula is C15H23N3OS. The van der Waals surface area contributed by atoms with E-state index in [1.165, 1.54) is 10.4 Å². The molecule has 1 atom stereocenters. The molecule has 0 bridgehead atoms. The summed E-state index contributed by atoms with van der Waals surface area (Å²) in [5.74, 6) is 1.66. The van der Waals surface area contributed by atoms with Crippen LogP contribution in [0.1, 0.15) is 43.5 Å². The van der Waals surface area contributed by atoms with E-state index in [1.54, 1.807) is 11.3 Å². The van der Waals surface area contributed by atoms with E-state index in [-0.39, 0.29) is 0 Å². The number of hydrogen-bond acceptors (Lipinski definition) is 5. The topological polar surface area (TPSA) is 47.0 Å². The largest absolute Gasteiger partial charge is 0.372 e. The lowest BCUT2D eigenvalue weighted by Crippen LogP contribution is -2.28. The number of fused-ring (bicyclic) bond motifs is 1.